The van der Waals surface area contributed by atoms with Crippen LogP contribution < -0.4 is 0 Å². The summed E-state index contributed by atoms with van der Waals surface area (Å²) in [7, 11) is 0. The maximum absolute atomic E-state index is 9.82. The summed E-state index contributed by atoms with van der Waals surface area (Å²) in [6, 6.07) is 1.95. The van der Waals surface area contributed by atoms with Gasteiger partial charge in [0.25, 0.3) is 0 Å². The predicted molar refractivity (Wildman–Crippen MR) is 41.5 cm³/mol. The molecule has 0 aliphatic heterocycles. The van der Waals surface area contributed by atoms with Gasteiger partial charge in [-0.3, -0.25) is 0 Å². The molecule has 0 saturated heterocycles. The first kappa shape index (κ1) is 9.12. The van der Waals surface area contributed by atoms with Crippen LogP contribution in [0, 0.1) is 11.3 Å². The fourth-order valence-corrected chi connectivity index (χ4v) is 0.754. The van der Waals surface area contributed by atoms with Gasteiger partial charge >= 0.3 is 0 Å². The van der Waals surface area contributed by atoms with Crippen LogP contribution in [0.25, 0.3) is 0 Å². The Kier molecular flexibility index (Phi) is 4.07. The lowest BCUT2D eigenvalue weighted by Gasteiger charge is -2.06. The zero-order valence-corrected chi connectivity index (χ0v) is 7.77. The predicted octanol–water partition coefficient (Wildman–Crippen LogP) is 1.98. The van der Waals surface area contributed by atoms with E-state index in [0.717, 1.165) is 6.29 Å². The molecule has 9 heavy (non-hydrogen) atoms. The van der Waals surface area contributed by atoms with Gasteiger partial charge < -0.3 is 4.79 Å². The minimum atomic E-state index is -0.707. The summed E-state index contributed by atoms with van der Waals surface area (Å²) in [5.41, 5.74) is 0. The Bertz CT molecular complexity index is 138. The molecule has 0 aliphatic rings. The van der Waals surface area contributed by atoms with Crippen molar-refractivity contribution in [2.45, 2.75) is 16.1 Å². The zero-order chi connectivity index (χ0) is 7.33. The molecular formula is C5H5Br2NO. The van der Waals surface area contributed by atoms with Gasteiger partial charge in [-0.05, 0) is 6.42 Å². The van der Waals surface area contributed by atoms with Gasteiger partial charge in [-0.2, -0.15) is 5.26 Å². The second-order valence-electron chi connectivity index (χ2n) is 1.52. The molecule has 0 aromatic rings. The average molecular weight is 255 g/mol. The number of nitriles is 1. The van der Waals surface area contributed by atoms with Crippen LogP contribution in [-0.2, 0) is 4.79 Å². The van der Waals surface area contributed by atoms with Crippen molar-refractivity contribution in [3.63, 3.8) is 0 Å². The maximum atomic E-state index is 9.82. The van der Waals surface area contributed by atoms with Gasteiger partial charge in [0, 0.05) is 6.42 Å². The van der Waals surface area contributed by atoms with E-state index in [4.69, 9.17) is 5.26 Å². The molecule has 0 radical (unpaired) electrons. The lowest BCUT2D eigenvalue weighted by molar-refractivity contribution is -0.107. The van der Waals surface area contributed by atoms with E-state index in [1.165, 1.54) is 0 Å². The Hall–Kier alpha value is 0.120. The fraction of sp³-hybridized carbons (Fsp3) is 0.600. The van der Waals surface area contributed by atoms with Crippen molar-refractivity contribution < 1.29 is 4.79 Å². The first-order chi connectivity index (χ1) is 4.12. The summed E-state index contributed by atoms with van der Waals surface area (Å²) in [6.07, 6.45) is 1.67. The van der Waals surface area contributed by atoms with Crippen molar-refractivity contribution in [1.82, 2.24) is 0 Å². The first-order valence-electron chi connectivity index (χ1n) is 2.35. The number of carbonyl (C=O) groups is 1. The number of hydrogen-bond donors (Lipinski definition) is 0. The van der Waals surface area contributed by atoms with E-state index in [2.05, 4.69) is 31.9 Å². The van der Waals surface area contributed by atoms with Crippen LogP contribution in [-0.4, -0.2) is 9.52 Å². The van der Waals surface area contributed by atoms with Crippen LogP contribution in [0.1, 0.15) is 12.8 Å². The summed E-state index contributed by atoms with van der Waals surface area (Å²) >= 11 is 6.16. The van der Waals surface area contributed by atoms with Gasteiger partial charge in [-0.15, -0.1) is 0 Å². The molecule has 0 atom stereocenters. The quantitative estimate of drug-likeness (QED) is 0.571. The molecule has 0 saturated carbocycles. The second kappa shape index (κ2) is 4.02. The summed E-state index contributed by atoms with van der Waals surface area (Å²) in [6.45, 7) is 0. The third-order valence-electron chi connectivity index (χ3n) is 0.740. The van der Waals surface area contributed by atoms with Crippen LogP contribution >= 0.6 is 31.9 Å². The van der Waals surface area contributed by atoms with Crippen molar-refractivity contribution in [3.8, 4) is 6.07 Å². The summed E-state index contributed by atoms with van der Waals surface area (Å²) < 4.78 is -0.707. The lowest BCUT2D eigenvalue weighted by Crippen LogP contribution is -2.06. The number of aldehydes is 1. The summed E-state index contributed by atoms with van der Waals surface area (Å²) in [5.74, 6) is 0. The summed E-state index contributed by atoms with van der Waals surface area (Å²) in [4.78, 5) is 9.82. The Labute approximate surface area is 70.5 Å². The molecule has 0 spiro atoms. The molecule has 0 heterocycles. The molecule has 0 bridgehead atoms. The minimum Gasteiger partial charge on any atom is -0.303 e. The molecule has 2 nitrogen and oxygen atoms in total. The fourth-order valence-electron chi connectivity index (χ4n) is 0.296. The van der Waals surface area contributed by atoms with E-state index in [1.807, 2.05) is 6.07 Å². The largest absolute Gasteiger partial charge is 0.303 e. The molecule has 0 unspecified atom stereocenters. The van der Waals surface area contributed by atoms with E-state index in [-0.39, 0.29) is 0 Å². The van der Waals surface area contributed by atoms with E-state index in [0.29, 0.717) is 12.8 Å². The molecule has 0 rings (SSSR count). The van der Waals surface area contributed by atoms with Crippen LogP contribution in [0.2, 0.25) is 0 Å². The number of hydrogen-bond acceptors (Lipinski definition) is 2. The molecular weight excluding hydrogens is 250 g/mol. The molecule has 0 aromatic carbocycles. The zero-order valence-electron chi connectivity index (χ0n) is 4.60. The standard InChI is InChI=1S/C5H5Br2NO/c6-5(7,4-8)2-1-3-9/h3H,1-2H2. The van der Waals surface area contributed by atoms with E-state index in [1.54, 1.807) is 0 Å². The third-order valence-corrected chi connectivity index (χ3v) is 1.89. The van der Waals surface area contributed by atoms with Gasteiger partial charge in [0.15, 0.2) is 3.23 Å². The van der Waals surface area contributed by atoms with Crippen LogP contribution in [0.15, 0.2) is 0 Å². The van der Waals surface area contributed by atoms with Crippen molar-refractivity contribution in [2.75, 3.05) is 0 Å². The Morgan fingerprint density at radius 3 is 2.56 bits per heavy atom. The molecule has 50 valence electrons. The monoisotopic (exact) mass is 253 g/mol. The van der Waals surface area contributed by atoms with Crippen LogP contribution in [0.5, 0.6) is 0 Å². The van der Waals surface area contributed by atoms with Crippen molar-refractivity contribution in [1.29, 1.82) is 5.26 Å². The number of rotatable bonds is 3. The Morgan fingerprint density at radius 2 is 2.22 bits per heavy atom. The van der Waals surface area contributed by atoms with Gasteiger partial charge in [0.05, 0.1) is 6.07 Å². The molecule has 0 fully saturated rings. The second-order valence-corrected chi connectivity index (χ2v) is 5.29. The number of carbonyl (C=O) groups excluding carboxylic acids is 1. The van der Waals surface area contributed by atoms with Gasteiger partial charge in [0.1, 0.15) is 6.29 Å². The smallest absolute Gasteiger partial charge is 0.166 e. The maximum Gasteiger partial charge on any atom is 0.166 e. The van der Waals surface area contributed by atoms with Gasteiger partial charge in [-0.1, -0.05) is 31.9 Å². The van der Waals surface area contributed by atoms with Crippen LogP contribution in [0.4, 0.5) is 0 Å². The van der Waals surface area contributed by atoms with E-state index in [9.17, 15) is 4.79 Å². The highest BCUT2D eigenvalue weighted by Gasteiger charge is 2.20. The molecule has 0 aliphatic carbocycles. The third kappa shape index (κ3) is 4.61. The SMILES string of the molecule is N#CC(Br)(Br)CCC=O. The number of halogens is 2. The van der Waals surface area contributed by atoms with E-state index >= 15 is 0 Å². The van der Waals surface area contributed by atoms with Gasteiger partial charge in [-0.25, -0.2) is 0 Å². The number of nitrogens with zero attached hydrogens (tertiary/aromatic N) is 1. The number of alkyl halides is 2. The molecule has 0 amide bonds. The molecule has 0 aromatic heterocycles. The highest BCUT2D eigenvalue weighted by atomic mass is 79.9. The van der Waals surface area contributed by atoms with Crippen molar-refractivity contribution >= 4 is 38.1 Å². The van der Waals surface area contributed by atoms with Crippen molar-refractivity contribution in [3.05, 3.63) is 0 Å². The topological polar surface area (TPSA) is 40.9 Å². The molecule has 0 N–H and O–H groups in total. The average Bonchev–Trinajstić information content (AvgIpc) is 1.84. The minimum absolute atomic E-state index is 0.393. The lowest BCUT2D eigenvalue weighted by atomic mass is 10.3. The van der Waals surface area contributed by atoms with Crippen molar-refractivity contribution in [2.24, 2.45) is 0 Å². The first-order valence-corrected chi connectivity index (χ1v) is 3.94. The van der Waals surface area contributed by atoms with E-state index < -0.39 is 3.23 Å². The summed E-state index contributed by atoms with van der Waals surface area (Å²) in [5, 5.41) is 8.36. The highest BCUT2D eigenvalue weighted by Crippen LogP contribution is 2.29. The van der Waals surface area contributed by atoms with Crippen LogP contribution in [0.3, 0.4) is 0 Å². The highest BCUT2D eigenvalue weighted by molar-refractivity contribution is 9.25. The Balaban J connectivity index is 3.61. The normalized spacial score (nSPS) is 10.3. The van der Waals surface area contributed by atoms with Gasteiger partial charge in [0.2, 0.25) is 0 Å². The Morgan fingerprint density at radius 1 is 1.67 bits per heavy atom. The molecule has 4 heteroatoms.